The van der Waals surface area contributed by atoms with Crippen LogP contribution >= 0.6 is 11.3 Å². The van der Waals surface area contributed by atoms with E-state index in [1.54, 1.807) is 29.5 Å². The van der Waals surface area contributed by atoms with Crippen LogP contribution in [0.3, 0.4) is 0 Å². The third-order valence-electron chi connectivity index (χ3n) is 5.09. The van der Waals surface area contributed by atoms with Crippen molar-refractivity contribution in [1.29, 1.82) is 0 Å². The standard InChI is InChI=1S/C24H23NO4S/c1-16-11-12-18-19(15-30-22(18)13-16)24(27)28-14-23(26)25-20-9-5-6-10-21(20)29-17-7-3-2-4-8-17/h2-10,15-16H,11-14H2,1H3,(H,25,26)/t16-/m0/s1. The van der Waals surface area contributed by atoms with E-state index in [4.69, 9.17) is 9.47 Å². The van der Waals surface area contributed by atoms with Crippen LogP contribution in [-0.2, 0) is 22.4 Å². The Morgan fingerprint density at radius 2 is 1.87 bits per heavy atom. The second-order valence-corrected chi connectivity index (χ2v) is 8.40. The van der Waals surface area contributed by atoms with E-state index in [2.05, 4.69) is 12.2 Å². The van der Waals surface area contributed by atoms with Crippen LogP contribution in [0.1, 0.15) is 34.1 Å². The highest BCUT2D eigenvalue weighted by molar-refractivity contribution is 7.10. The number of para-hydroxylation sites is 3. The van der Waals surface area contributed by atoms with Gasteiger partial charge in [0.05, 0.1) is 11.3 Å². The third kappa shape index (κ3) is 4.71. The molecule has 0 aliphatic heterocycles. The molecule has 154 valence electrons. The Kier molecular flexibility index (Phi) is 6.14. The van der Waals surface area contributed by atoms with Gasteiger partial charge in [0.2, 0.25) is 0 Å². The number of ether oxygens (including phenoxy) is 2. The molecular formula is C24H23NO4S. The molecule has 0 unspecified atom stereocenters. The molecule has 0 saturated heterocycles. The van der Waals surface area contributed by atoms with Gasteiger partial charge in [-0.1, -0.05) is 37.3 Å². The molecule has 0 spiro atoms. The fraction of sp³-hybridized carbons (Fsp3) is 0.250. The largest absolute Gasteiger partial charge is 0.455 e. The molecule has 1 aromatic heterocycles. The maximum atomic E-state index is 12.5. The van der Waals surface area contributed by atoms with Crippen LogP contribution in [0, 0.1) is 5.92 Å². The summed E-state index contributed by atoms with van der Waals surface area (Å²) in [5.74, 6) is 0.978. The minimum atomic E-state index is -0.439. The SMILES string of the molecule is C[C@H]1CCc2c(C(=O)OCC(=O)Nc3ccccc3Oc3ccccc3)csc2C1. The number of benzene rings is 2. The van der Waals surface area contributed by atoms with Crippen LogP contribution in [-0.4, -0.2) is 18.5 Å². The molecule has 5 nitrogen and oxygen atoms in total. The lowest BCUT2D eigenvalue weighted by atomic mass is 9.88. The number of rotatable bonds is 6. The van der Waals surface area contributed by atoms with Crippen molar-refractivity contribution in [3.63, 3.8) is 0 Å². The lowest BCUT2D eigenvalue weighted by molar-refractivity contribution is -0.119. The van der Waals surface area contributed by atoms with Crippen LogP contribution in [0.15, 0.2) is 60.0 Å². The Morgan fingerprint density at radius 1 is 1.10 bits per heavy atom. The number of thiophene rings is 1. The molecule has 2 aromatic carbocycles. The lowest BCUT2D eigenvalue weighted by Gasteiger charge is -2.18. The van der Waals surface area contributed by atoms with Gasteiger partial charge < -0.3 is 14.8 Å². The van der Waals surface area contributed by atoms with Gasteiger partial charge >= 0.3 is 5.97 Å². The predicted molar refractivity (Wildman–Crippen MR) is 117 cm³/mol. The molecule has 0 radical (unpaired) electrons. The molecule has 3 aromatic rings. The van der Waals surface area contributed by atoms with Crippen LogP contribution in [0.5, 0.6) is 11.5 Å². The molecule has 1 atom stereocenters. The summed E-state index contributed by atoms with van der Waals surface area (Å²) in [7, 11) is 0. The smallest absolute Gasteiger partial charge is 0.339 e. The van der Waals surface area contributed by atoms with Crippen LogP contribution in [0.4, 0.5) is 5.69 Å². The molecule has 1 heterocycles. The normalized spacial score (nSPS) is 15.2. The van der Waals surface area contributed by atoms with Gasteiger partial charge in [-0.15, -0.1) is 11.3 Å². The van der Waals surface area contributed by atoms with E-state index in [9.17, 15) is 9.59 Å². The summed E-state index contributed by atoms with van der Waals surface area (Å²) in [6.45, 7) is 1.88. The van der Waals surface area contributed by atoms with Crippen molar-refractivity contribution < 1.29 is 19.1 Å². The number of fused-ring (bicyclic) bond motifs is 1. The van der Waals surface area contributed by atoms with E-state index in [0.717, 1.165) is 24.8 Å². The van der Waals surface area contributed by atoms with Gasteiger partial charge in [-0.05, 0) is 55.0 Å². The number of amides is 1. The molecule has 1 aliphatic carbocycles. The van der Waals surface area contributed by atoms with E-state index in [0.29, 0.717) is 28.7 Å². The number of nitrogens with one attached hydrogen (secondary N) is 1. The van der Waals surface area contributed by atoms with Crippen molar-refractivity contribution >= 4 is 28.9 Å². The van der Waals surface area contributed by atoms with Crippen molar-refractivity contribution in [2.75, 3.05) is 11.9 Å². The molecule has 1 amide bonds. The second-order valence-electron chi connectivity index (χ2n) is 7.43. The van der Waals surface area contributed by atoms with Crippen molar-refractivity contribution in [2.24, 2.45) is 5.92 Å². The fourth-order valence-corrected chi connectivity index (χ4v) is 4.75. The number of esters is 1. The molecule has 0 saturated carbocycles. The molecule has 0 fully saturated rings. The molecule has 1 aliphatic rings. The van der Waals surface area contributed by atoms with E-state index in [1.165, 1.54) is 4.88 Å². The topological polar surface area (TPSA) is 64.6 Å². The van der Waals surface area contributed by atoms with E-state index in [-0.39, 0.29) is 6.61 Å². The summed E-state index contributed by atoms with van der Waals surface area (Å²) in [5.41, 5.74) is 2.21. The van der Waals surface area contributed by atoms with Gasteiger partial charge in [-0.25, -0.2) is 4.79 Å². The fourth-order valence-electron chi connectivity index (χ4n) is 3.52. The first-order valence-electron chi connectivity index (χ1n) is 9.98. The second kappa shape index (κ2) is 9.13. The maximum absolute atomic E-state index is 12.5. The van der Waals surface area contributed by atoms with E-state index < -0.39 is 11.9 Å². The van der Waals surface area contributed by atoms with Crippen LogP contribution < -0.4 is 10.1 Å². The zero-order chi connectivity index (χ0) is 20.9. The first-order valence-corrected chi connectivity index (χ1v) is 10.9. The Hall–Kier alpha value is -3.12. The molecule has 0 bridgehead atoms. The summed E-state index contributed by atoms with van der Waals surface area (Å²) in [6.07, 6.45) is 2.97. The van der Waals surface area contributed by atoms with Gasteiger partial charge in [0, 0.05) is 10.3 Å². The Balaban J connectivity index is 1.36. The van der Waals surface area contributed by atoms with Gasteiger partial charge in [-0.2, -0.15) is 0 Å². The quantitative estimate of drug-likeness (QED) is 0.537. The predicted octanol–water partition coefficient (Wildman–Crippen LogP) is 5.46. The van der Waals surface area contributed by atoms with Crippen molar-refractivity contribution in [1.82, 2.24) is 0 Å². The summed E-state index contributed by atoms with van der Waals surface area (Å²) in [4.78, 5) is 26.1. The average Bonchev–Trinajstić information content (AvgIpc) is 3.17. The molecule has 30 heavy (non-hydrogen) atoms. The maximum Gasteiger partial charge on any atom is 0.339 e. The van der Waals surface area contributed by atoms with Gasteiger partial charge in [-0.3, -0.25) is 4.79 Å². The monoisotopic (exact) mass is 421 g/mol. The Labute approximate surface area is 179 Å². The zero-order valence-electron chi connectivity index (χ0n) is 16.7. The van der Waals surface area contributed by atoms with Crippen molar-refractivity contribution in [3.8, 4) is 11.5 Å². The van der Waals surface area contributed by atoms with Gasteiger partial charge in [0.15, 0.2) is 12.4 Å². The van der Waals surface area contributed by atoms with E-state index in [1.807, 2.05) is 41.8 Å². The number of carbonyl (C=O) groups excluding carboxylic acids is 2. The number of carbonyl (C=O) groups is 2. The first kappa shape index (κ1) is 20.2. The molecular weight excluding hydrogens is 398 g/mol. The van der Waals surface area contributed by atoms with Gasteiger partial charge in [0.1, 0.15) is 5.75 Å². The van der Waals surface area contributed by atoms with Crippen LogP contribution in [0.2, 0.25) is 0 Å². The summed E-state index contributed by atoms with van der Waals surface area (Å²) in [6, 6.07) is 16.5. The Morgan fingerprint density at radius 3 is 2.70 bits per heavy atom. The van der Waals surface area contributed by atoms with E-state index >= 15 is 0 Å². The highest BCUT2D eigenvalue weighted by Crippen LogP contribution is 2.33. The molecule has 4 rings (SSSR count). The minimum absolute atomic E-state index is 0.348. The zero-order valence-corrected chi connectivity index (χ0v) is 17.5. The number of hydrogen-bond acceptors (Lipinski definition) is 5. The summed E-state index contributed by atoms with van der Waals surface area (Å²) < 4.78 is 11.1. The number of hydrogen-bond donors (Lipinski definition) is 1. The average molecular weight is 422 g/mol. The third-order valence-corrected chi connectivity index (χ3v) is 6.14. The Bertz CT molecular complexity index is 1040. The first-order chi connectivity index (χ1) is 14.6. The highest BCUT2D eigenvalue weighted by Gasteiger charge is 2.24. The van der Waals surface area contributed by atoms with Crippen molar-refractivity contribution in [2.45, 2.75) is 26.2 Å². The van der Waals surface area contributed by atoms with Crippen LogP contribution in [0.25, 0.3) is 0 Å². The van der Waals surface area contributed by atoms with Crippen molar-refractivity contribution in [3.05, 3.63) is 76.0 Å². The summed E-state index contributed by atoms with van der Waals surface area (Å²) >= 11 is 1.61. The highest BCUT2D eigenvalue weighted by atomic mass is 32.1. The molecule has 6 heteroatoms. The minimum Gasteiger partial charge on any atom is -0.455 e. The van der Waals surface area contributed by atoms with Gasteiger partial charge in [0.25, 0.3) is 5.91 Å². The molecule has 1 N–H and O–H groups in total. The lowest BCUT2D eigenvalue weighted by Crippen LogP contribution is -2.22. The summed E-state index contributed by atoms with van der Waals surface area (Å²) in [5, 5.41) is 4.61. The number of anilines is 1.